The Morgan fingerprint density at radius 3 is 2.38 bits per heavy atom. The van der Waals surface area contributed by atoms with E-state index in [0.717, 1.165) is 5.56 Å². The summed E-state index contributed by atoms with van der Waals surface area (Å²) in [6.07, 6.45) is 1.56. The van der Waals surface area contributed by atoms with E-state index in [4.69, 9.17) is 10.5 Å². The van der Waals surface area contributed by atoms with Gasteiger partial charge in [-0.2, -0.15) is 4.31 Å². The normalized spacial score (nSPS) is 12.5. The third kappa shape index (κ3) is 3.57. The lowest BCUT2D eigenvalue weighted by Gasteiger charge is -2.34. The number of nitrogens with zero attached hydrogens (tertiary/aromatic N) is 1. The van der Waals surface area contributed by atoms with Crippen molar-refractivity contribution in [1.82, 2.24) is 4.31 Å². The van der Waals surface area contributed by atoms with Crippen molar-refractivity contribution in [3.8, 4) is 5.75 Å². The van der Waals surface area contributed by atoms with E-state index < -0.39 is 15.6 Å². The summed E-state index contributed by atoms with van der Waals surface area (Å²) < 4.78 is 32.5. The predicted octanol–water partition coefficient (Wildman–Crippen LogP) is 2.56. The Labute approximate surface area is 127 Å². The lowest BCUT2D eigenvalue weighted by atomic mass is 10.1. The number of ether oxygens (including phenoxy) is 1. The van der Waals surface area contributed by atoms with Crippen molar-refractivity contribution in [1.29, 1.82) is 0 Å². The van der Waals surface area contributed by atoms with Gasteiger partial charge in [-0.25, -0.2) is 8.42 Å². The summed E-state index contributed by atoms with van der Waals surface area (Å²) in [4.78, 5) is 0.0740. The highest BCUT2D eigenvalue weighted by molar-refractivity contribution is 7.89. The molecule has 0 aromatic heterocycles. The second-order valence-corrected chi connectivity index (χ2v) is 7.69. The number of sulfonamides is 1. The Balaban J connectivity index is 3.55. The van der Waals surface area contributed by atoms with Gasteiger partial charge in [0, 0.05) is 17.8 Å². The van der Waals surface area contributed by atoms with E-state index >= 15 is 0 Å². The third-order valence-electron chi connectivity index (χ3n) is 3.16. The Kier molecular flexibility index (Phi) is 5.07. The molecule has 0 aliphatic heterocycles. The fourth-order valence-electron chi connectivity index (χ4n) is 2.01. The van der Waals surface area contributed by atoms with Crippen molar-refractivity contribution < 1.29 is 13.2 Å². The topological polar surface area (TPSA) is 72.6 Å². The highest BCUT2D eigenvalue weighted by Crippen LogP contribution is 2.33. The van der Waals surface area contributed by atoms with Crippen LogP contribution >= 0.6 is 0 Å². The minimum Gasteiger partial charge on any atom is -0.495 e. The van der Waals surface area contributed by atoms with Crippen LogP contribution in [0.4, 0.5) is 5.69 Å². The van der Waals surface area contributed by atoms with Crippen LogP contribution in [0.1, 0.15) is 26.3 Å². The van der Waals surface area contributed by atoms with Crippen LogP contribution in [0.5, 0.6) is 5.75 Å². The zero-order valence-corrected chi connectivity index (χ0v) is 14.1. The number of hydrogen-bond donors (Lipinski definition) is 1. The highest BCUT2D eigenvalue weighted by Gasteiger charge is 2.35. The molecule has 118 valence electrons. The Hall–Kier alpha value is -1.53. The van der Waals surface area contributed by atoms with Crippen molar-refractivity contribution in [2.45, 2.75) is 38.1 Å². The van der Waals surface area contributed by atoms with Crippen LogP contribution in [0.25, 0.3) is 0 Å². The van der Waals surface area contributed by atoms with Crippen LogP contribution in [-0.2, 0) is 10.0 Å². The summed E-state index contributed by atoms with van der Waals surface area (Å²) in [6, 6.07) is 3.09. The maximum absolute atomic E-state index is 13.0. The first-order valence-corrected chi connectivity index (χ1v) is 8.07. The molecule has 0 fully saturated rings. The summed E-state index contributed by atoms with van der Waals surface area (Å²) in [5.74, 6) is 0.292. The van der Waals surface area contributed by atoms with E-state index in [1.54, 1.807) is 19.1 Å². The minimum absolute atomic E-state index is 0.0740. The van der Waals surface area contributed by atoms with Crippen molar-refractivity contribution >= 4 is 15.7 Å². The summed E-state index contributed by atoms with van der Waals surface area (Å²) in [5, 5.41) is 0. The molecule has 1 aromatic rings. The molecule has 21 heavy (non-hydrogen) atoms. The Morgan fingerprint density at radius 1 is 1.38 bits per heavy atom. The van der Waals surface area contributed by atoms with Gasteiger partial charge >= 0.3 is 0 Å². The summed E-state index contributed by atoms with van der Waals surface area (Å²) >= 11 is 0. The third-order valence-corrected chi connectivity index (χ3v) is 5.32. The van der Waals surface area contributed by atoms with Crippen LogP contribution in [0.2, 0.25) is 0 Å². The van der Waals surface area contributed by atoms with Gasteiger partial charge in [-0.3, -0.25) is 0 Å². The first kappa shape index (κ1) is 17.5. The van der Waals surface area contributed by atoms with Crippen molar-refractivity contribution in [3.63, 3.8) is 0 Å². The van der Waals surface area contributed by atoms with Gasteiger partial charge in [0.15, 0.2) is 0 Å². The van der Waals surface area contributed by atoms with Crippen LogP contribution in [0.3, 0.4) is 0 Å². The largest absolute Gasteiger partial charge is 0.495 e. The molecule has 0 bridgehead atoms. The van der Waals surface area contributed by atoms with E-state index in [1.165, 1.54) is 17.5 Å². The highest BCUT2D eigenvalue weighted by atomic mass is 32.2. The number of aryl methyl sites for hydroxylation is 1. The standard InChI is InChI=1S/C15H24N2O3S/c1-7-8-17(15(3,4)5)21(18,19)14-10-12(16)11(2)9-13(14)20-6/h7,9-10H,1,8,16H2,2-6H3. The number of hydrogen-bond acceptors (Lipinski definition) is 4. The van der Waals surface area contributed by atoms with Crippen molar-refractivity contribution in [2.75, 3.05) is 19.4 Å². The summed E-state index contributed by atoms with van der Waals surface area (Å²) in [7, 11) is -2.30. The molecule has 1 aromatic carbocycles. The average molecular weight is 312 g/mol. The first-order valence-electron chi connectivity index (χ1n) is 6.63. The van der Waals surface area contributed by atoms with Gasteiger partial charge < -0.3 is 10.5 Å². The smallest absolute Gasteiger partial charge is 0.247 e. The molecule has 0 unspecified atom stereocenters. The maximum atomic E-state index is 13.0. The number of methoxy groups -OCH3 is 1. The van der Waals surface area contributed by atoms with Gasteiger partial charge in [0.1, 0.15) is 10.6 Å². The SMILES string of the molecule is C=CCN(C(C)(C)C)S(=O)(=O)c1cc(N)c(C)cc1OC. The fraction of sp³-hybridized carbons (Fsp3) is 0.467. The number of benzene rings is 1. The minimum atomic E-state index is -3.75. The van der Waals surface area contributed by atoms with Crippen LogP contribution < -0.4 is 10.5 Å². The molecular weight excluding hydrogens is 288 g/mol. The number of rotatable bonds is 5. The molecule has 0 saturated heterocycles. The zero-order valence-electron chi connectivity index (χ0n) is 13.3. The van der Waals surface area contributed by atoms with Crippen molar-refractivity contribution in [3.05, 3.63) is 30.4 Å². The maximum Gasteiger partial charge on any atom is 0.247 e. The molecule has 0 spiro atoms. The fourth-order valence-corrected chi connectivity index (χ4v) is 3.94. The predicted molar refractivity (Wildman–Crippen MR) is 86.0 cm³/mol. The molecule has 1 rings (SSSR count). The van der Waals surface area contributed by atoms with E-state index in [0.29, 0.717) is 11.4 Å². The zero-order chi connectivity index (χ0) is 16.4. The van der Waals surface area contributed by atoms with E-state index in [-0.39, 0.29) is 11.4 Å². The van der Waals surface area contributed by atoms with Crippen LogP contribution in [-0.4, -0.2) is 31.9 Å². The van der Waals surface area contributed by atoms with E-state index in [2.05, 4.69) is 6.58 Å². The molecule has 0 aliphatic carbocycles. The quantitative estimate of drug-likeness (QED) is 0.670. The van der Waals surface area contributed by atoms with E-state index in [9.17, 15) is 8.42 Å². The summed E-state index contributed by atoms with van der Waals surface area (Å²) in [6.45, 7) is 11.1. The Morgan fingerprint density at radius 2 is 1.95 bits per heavy atom. The molecule has 0 heterocycles. The van der Waals surface area contributed by atoms with Gasteiger partial charge in [-0.15, -0.1) is 6.58 Å². The van der Waals surface area contributed by atoms with Crippen LogP contribution in [0, 0.1) is 6.92 Å². The van der Waals surface area contributed by atoms with Crippen LogP contribution in [0.15, 0.2) is 29.7 Å². The molecule has 0 saturated carbocycles. The number of nitrogens with two attached hydrogens (primary N) is 1. The molecule has 5 nitrogen and oxygen atoms in total. The summed E-state index contributed by atoms with van der Waals surface area (Å²) in [5.41, 5.74) is 6.47. The molecule has 0 amide bonds. The monoisotopic (exact) mass is 312 g/mol. The van der Waals surface area contributed by atoms with Crippen molar-refractivity contribution in [2.24, 2.45) is 0 Å². The Bertz CT molecular complexity index is 631. The van der Waals surface area contributed by atoms with Gasteiger partial charge in [-0.1, -0.05) is 6.08 Å². The first-order chi connectivity index (χ1) is 9.55. The molecule has 6 heteroatoms. The molecule has 0 atom stereocenters. The van der Waals surface area contributed by atoms with Gasteiger partial charge in [0.25, 0.3) is 0 Å². The second-order valence-electron chi connectivity index (χ2n) is 5.86. The van der Waals surface area contributed by atoms with Gasteiger partial charge in [-0.05, 0) is 45.4 Å². The molecule has 0 aliphatic rings. The molecule has 2 N–H and O–H groups in total. The van der Waals surface area contributed by atoms with Gasteiger partial charge in [0.2, 0.25) is 10.0 Å². The van der Waals surface area contributed by atoms with Gasteiger partial charge in [0.05, 0.1) is 7.11 Å². The second kappa shape index (κ2) is 6.07. The average Bonchev–Trinajstić information content (AvgIpc) is 2.36. The lowest BCUT2D eigenvalue weighted by Crippen LogP contribution is -2.45. The lowest BCUT2D eigenvalue weighted by molar-refractivity contribution is 0.268. The number of anilines is 1. The number of nitrogen functional groups attached to an aromatic ring is 1. The molecular formula is C15H24N2O3S. The van der Waals surface area contributed by atoms with E-state index in [1.807, 2.05) is 20.8 Å². The molecule has 0 radical (unpaired) electrons.